The Bertz CT molecular complexity index is 881. The number of hydrogen-bond acceptors (Lipinski definition) is 4. The van der Waals surface area contributed by atoms with Gasteiger partial charge in [-0.1, -0.05) is 87.4 Å². The number of ether oxygens (including phenoxy) is 2. The summed E-state index contributed by atoms with van der Waals surface area (Å²) in [6.07, 6.45) is 5.03. The van der Waals surface area contributed by atoms with Crippen LogP contribution in [0.15, 0.2) is 60.7 Å². The highest BCUT2D eigenvalue weighted by Gasteiger charge is 2.52. The van der Waals surface area contributed by atoms with E-state index in [-0.39, 0.29) is 29.0 Å². The van der Waals surface area contributed by atoms with Crippen molar-refractivity contribution in [2.75, 3.05) is 6.61 Å². The van der Waals surface area contributed by atoms with Gasteiger partial charge in [0.1, 0.15) is 14.0 Å². The summed E-state index contributed by atoms with van der Waals surface area (Å²) in [6.45, 7) is 8.43. The Morgan fingerprint density at radius 3 is 2.03 bits per heavy atom. The van der Waals surface area contributed by atoms with Gasteiger partial charge in [0.05, 0.1) is 24.6 Å². The molecule has 1 aliphatic heterocycles. The second-order valence-electron chi connectivity index (χ2n) is 9.12. The standard InChI is InChI=1S/C25H31BO4Si/c1-6-21-22(30-24(26)23(21)29-18(2)27)17-28-31(25(3,4)5,19-13-9-7-10-14-19)20-15-11-8-12-16-20/h1,7-16,21-24H,17,26H2,2-5H3/t21-,22-,23-,24-/m1/s1. The van der Waals surface area contributed by atoms with Gasteiger partial charge in [-0.15, -0.1) is 6.42 Å². The SMILES string of the molecule is B[C@@H]1O[C@H](CO[Si](c2ccccc2)(c2ccccc2)C(C)(C)C)[C@@H](C#C)[C@H]1OC(C)=O. The third kappa shape index (κ3) is 4.64. The molecule has 0 unspecified atom stereocenters. The molecular weight excluding hydrogens is 403 g/mol. The van der Waals surface area contributed by atoms with Crippen molar-refractivity contribution in [2.45, 2.75) is 50.9 Å². The first-order valence-electron chi connectivity index (χ1n) is 10.7. The third-order valence-corrected chi connectivity index (χ3v) is 11.0. The lowest BCUT2D eigenvalue weighted by Crippen LogP contribution is -2.67. The van der Waals surface area contributed by atoms with Gasteiger partial charge in [0, 0.05) is 6.92 Å². The molecular formula is C25H31BO4Si. The van der Waals surface area contributed by atoms with Crippen LogP contribution in [0.25, 0.3) is 0 Å². The summed E-state index contributed by atoms with van der Waals surface area (Å²) in [6, 6.07) is 20.6. The van der Waals surface area contributed by atoms with Gasteiger partial charge < -0.3 is 13.9 Å². The molecule has 0 amide bonds. The highest BCUT2D eigenvalue weighted by atomic mass is 28.4. The van der Waals surface area contributed by atoms with Crippen LogP contribution in [0.1, 0.15) is 27.7 Å². The van der Waals surface area contributed by atoms with Gasteiger partial charge in [-0.25, -0.2) is 0 Å². The number of rotatable bonds is 6. The fourth-order valence-corrected chi connectivity index (χ4v) is 9.19. The fourth-order valence-electron chi connectivity index (χ4n) is 4.62. The van der Waals surface area contributed by atoms with E-state index < -0.39 is 14.4 Å². The van der Waals surface area contributed by atoms with E-state index in [2.05, 4.69) is 75.2 Å². The van der Waals surface area contributed by atoms with Crippen molar-refractivity contribution in [3.8, 4) is 12.3 Å². The molecule has 3 rings (SSSR count). The molecule has 0 radical (unpaired) electrons. The maximum Gasteiger partial charge on any atom is 0.303 e. The Labute approximate surface area is 187 Å². The normalized spacial score (nSPS) is 23.8. The minimum atomic E-state index is -2.69. The average Bonchev–Trinajstić information content (AvgIpc) is 3.03. The van der Waals surface area contributed by atoms with Gasteiger partial charge in [-0.3, -0.25) is 4.79 Å². The van der Waals surface area contributed by atoms with E-state index in [1.807, 2.05) is 20.0 Å². The number of carbonyl (C=O) groups excluding carboxylic acids is 1. The van der Waals surface area contributed by atoms with Crippen LogP contribution in [-0.2, 0) is 18.7 Å². The summed E-state index contributed by atoms with van der Waals surface area (Å²) in [7, 11) is -0.802. The molecule has 162 valence electrons. The van der Waals surface area contributed by atoms with Crippen molar-refractivity contribution >= 4 is 32.5 Å². The van der Waals surface area contributed by atoms with Crippen molar-refractivity contribution in [1.82, 2.24) is 0 Å². The summed E-state index contributed by atoms with van der Waals surface area (Å²) in [5, 5.41) is 2.27. The summed E-state index contributed by atoms with van der Waals surface area (Å²) in [5.41, 5.74) is 0. The Hall–Kier alpha value is -2.33. The smallest absolute Gasteiger partial charge is 0.303 e. The van der Waals surface area contributed by atoms with E-state index in [4.69, 9.17) is 20.3 Å². The Morgan fingerprint density at radius 1 is 1.10 bits per heavy atom. The molecule has 0 bridgehead atoms. The summed E-state index contributed by atoms with van der Waals surface area (Å²) in [5.74, 6) is 2.09. The Kier molecular flexibility index (Phi) is 7.10. The molecule has 31 heavy (non-hydrogen) atoms. The minimum Gasteiger partial charge on any atom is -0.459 e. The minimum absolute atomic E-state index is 0.138. The molecule has 4 nitrogen and oxygen atoms in total. The maximum absolute atomic E-state index is 11.6. The monoisotopic (exact) mass is 434 g/mol. The zero-order chi connectivity index (χ0) is 22.6. The summed E-state index contributed by atoms with van der Waals surface area (Å²) >= 11 is 0. The molecule has 2 aromatic carbocycles. The zero-order valence-electron chi connectivity index (χ0n) is 19.0. The molecule has 6 heteroatoms. The number of benzene rings is 2. The van der Waals surface area contributed by atoms with Gasteiger partial charge in [0.25, 0.3) is 8.32 Å². The van der Waals surface area contributed by atoms with Crippen molar-refractivity contribution in [2.24, 2.45) is 5.92 Å². The topological polar surface area (TPSA) is 44.8 Å². The van der Waals surface area contributed by atoms with Crippen molar-refractivity contribution in [3.63, 3.8) is 0 Å². The lowest BCUT2D eigenvalue weighted by atomic mass is 9.88. The van der Waals surface area contributed by atoms with Gasteiger partial charge in [0.2, 0.25) is 0 Å². The predicted molar refractivity (Wildman–Crippen MR) is 129 cm³/mol. The molecule has 2 aromatic rings. The molecule has 4 atom stereocenters. The molecule has 1 heterocycles. The van der Waals surface area contributed by atoms with Crippen LogP contribution in [0.5, 0.6) is 0 Å². The lowest BCUT2D eigenvalue weighted by Gasteiger charge is -2.43. The van der Waals surface area contributed by atoms with E-state index in [1.165, 1.54) is 17.3 Å². The number of carbonyl (C=O) groups is 1. The number of hydrogen-bond donors (Lipinski definition) is 0. The van der Waals surface area contributed by atoms with Crippen LogP contribution in [0, 0.1) is 18.3 Å². The third-order valence-electron chi connectivity index (χ3n) is 5.98. The van der Waals surface area contributed by atoms with Crippen LogP contribution in [0.2, 0.25) is 5.04 Å². The number of terminal acetylenes is 1. The van der Waals surface area contributed by atoms with Crippen LogP contribution in [-0.4, -0.2) is 47.0 Å². The zero-order valence-corrected chi connectivity index (χ0v) is 20.0. The molecule has 0 spiro atoms. The summed E-state index contributed by atoms with van der Waals surface area (Å²) in [4.78, 5) is 11.6. The molecule has 1 saturated heterocycles. The molecule has 0 aliphatic carbocycles. The second kappa shape index (κ2) is 9.44. The molecule has 0 N–H and O–H groups in total. The van der Waals surface area contributed by atoms with E-state index in [0.717, 1.165) is 0 Å². The lowest BCUT2D eigenvalue weighted by molar-refractivity contribution is -0.148. The predicted octanol–water partition coefficient (Wildman–Crippen LogP) is 2.10. The Morgan fingerprint density at radius 2 is 1.61 bits per heavy atom. The van der Waals surface area contributed by atoms with Crippen molar-refractivity contribution in [1.29, 1.82) is 0 Å². The molecule has 0 aromatic heterocycles. The van der Waals surface area contributed by atoms with Gasteiger partial charge in [0.15, 0.2) is 0 Å². The van der Waals surface area contributed by atoms with Crippen molar-refractivity contribution in [3.05, 3.63) is 60.7 Å². The van der Waals surface area contributed by atoms with E-state index >= 15 is 0 Å². The van der Waals surface area contributed by atoms with Crippen LogP contribution in [0.4, 0.5) is 0 Å². The van der Waals surface area contributed by atoms with Crippen LogP contribution < -0.4 is 10.4 Å². The highest BCUT2D eigenvalue weighted by Crippen LogP contribution is 2.38. The van der Waals surface area contributed by atoms with E-state index in [9.17, 15) is 4.79 Å². The fraction of sp³-hybridized carbons (Fsp3) is 0.400. The second-order valence-corrected chi connectivity index (χ2v) is 13.4. The van der Waals surface area contributed by atoms with E-state index in [1.54, 1.807) is 0 Å². The van der Waals surface area contributed by atoms with E-state index in [0.29, 0.717) is 6.61 Å². The maximum atomic E-state index is 11.6. The molecule has 0 saturated carbocycles. The van der Waals surface area contributed by atoms with Gasteiger partial charge in [-0.2, -0.15) is 0 Å². The highest BCUT2D eigenvalue weighted by molar-refractivity contribution is 6.99. The number of esters is 1. The first-order valence-corrected chi connectivity index (χ1v) is 12.7. The first kappa shape index (κ1) is 23.3. The quantitative estimate of drug-likeness (QED) is 0.397. The van der Waals surface area contributed by atoms with Crippen LogP contribution >= 0.6 is 0 Å². The first-order chi connectivity index (χ1) is 14.7. The summed E-state index contributed by atoms with van der Waals surface area (Å²) < 4.78 is 18.6. The largest absolute Gasteiger partial charge is 0.459 e. The molecule has 1 aliphatic rings. The van der Waals surface area contributed by atoms with Gasteiger partial charge in [-0.05, 0) is 15.4 Å². The average molecular weight is 434 g/mol. The Balaban J connectivity index is 1.99. The van der Waals surface area contributed by atoms with Gasteiger partial charge >= 0.3 is 5.97 Å². The van der Waals surface area contributed by atoms with Crippen LogP contribution in [0.3, 0.4) is 0 Å². The molecule has 1 fully saturated rings. The van der Waals surface area contributed by atoms with Crippen molar-refractivity contribution < 1.29 is 18.7 Å².